The lowest BCUT2D eigenvalue weighted by atomic mass is 10.3. The molecule has 0 atom stereocenters. The summed E-state index contributed by atoms with van der Waals surface area (Å²) in [6.07, 6.45) is 1.67. The summed E-state index contributed by atoms with van der Waals surface area (Å²) in [6.45, 7) is 3.42. The topological polar surface area (TPSA) is 36.4 Å². The van der Waals surface area contributed by atoms with Gasteiger partial charge in [0, 0.05) is 32.4 Å². The number of amides is 1. The molecular formula is C13H14ClN3OS. The number of piperazine rings is 1. The van der Waals surface area contributed by atoms with Gasteiger partial charge in [-0.15, -0.1) is 11.3 Å². The summed E-state index contributed by atoms with van der Waals surface area (Å²) >= 11 is 7.55. The summed E-state index contributed by atoms with van der Waals surface area (Å²) in [5.41, 5.74) is 0.801. The fourth-order valence-electron chi connectivity index (χ4n) is 2.18. The molecule has 0 saturated carbocycles. The quantitative estimate of drug-likeness (QED) is 0.810. The first-order valence-electron chi connectivity index (χ1n) is 6.17. The Balaban J connectivity index is 1.87. The molecule has 1 saturated heterocycles. The lowest BCUT2D eigenvalue weighted by molar-refractivity contribution is 0.0669. The Kier molecular flexibility index (Phi) is 3.43. The van der Waals surface area contributed by atoms with E-state index in [0.29, 0.717) is 5.02 Å². The number of nitrogens with zero attached hydrogens (tertiary/aromatic N) is 3. The predicted octanol–water partition coefficient (Wildman–Crippen LogP) is 2.34. The molecular weight excluding hydrogens is 282 g/mol. The summed E-state index contributed by atoms with van der Waals surface area (Å²) in [5, 5.41) is 0.660. The molecule has 1 aliphatic heterocycles. The second-order valence-corrected chi connectivity index (χ2v) is 6.17. The molecule has 3 heterocycles. The largest absolute Gasteiger partial charge is 0.335 e. The Hall–Kier alpha value is -1.17. The van der Waals surface area contributed by atoms with Crippen LogP contribution in [-0.4, -0.2) is 53.9 Å². The van der Waals surface area contributed by atoms with Crippen LogP contribution in [0.2, 0.25) is 5.02 Å². The molecule has 1 amide bonds. The second kappa shape index (κ2) is 5.07. The van der Waals surface area contributed by atoms with Crippen molar-refractivity contribution in [3.8, 4) is 0 Å². The van der Waals surface area contributed by atoms with E-state index >= 15 is 0 Å². The molecule has 1 aliphatic rings. The summed E-state index contributed by atoms with van der Waals surface area (Å²) in [4.78, 5) is 21.5. The average Bonchev–Trinajstić information content (AvgIpc) is 2.84. The maximum Gasteiger partial charge on any atom is 0.264 e. The standard InChI is InChI=1S/C13H14ClN3OS/c1-16-4-6-17(7-5-16)13(18)11-8-10-12(19-11)9(14)2-3-15-10/h2-3,8H,4-7H2,1H3. The Morgan fingerprint density at radius 3 is 2.79 bits per heavy atom. The summed E-state index contributed by atoms with van der Waals surface area (Å²) in [6, 6.07) is 3.59. The number of hydrogen-bond acceptors (Lipinski definition) is 4. The zero-order valence-corrected chi connectivity index (χ0v) is 12.2. The highest BCUT2D eigenvalue weighted by Gasteiger charge is 2.22. The van der Waals surface area contributed by atoms with Gasteiger partial charge in [0.2, 0.25) is 0 Å². The first-order chi connectivity index (χ1) is 9.15. The van der Waals surface area contributed by atoms with Crippen LogP contribution in [0.25, 0.3) is 10.2 Å². The Morgan fingerprint density at radius 1 is 1.37 bits per heavy atom. The number of rotatable bonds is 1. The van der Waals surface area contributed by atoms with Crippen LogP contribution in [0.3, 0.4) is 0 Å². The number of fused-ring (bicyclic) bond motifs is 1. The van der Waals surface area contributed by atoms with Crippen molar-refractivity contribution >= 4 is 39.1 Å². The molecule has 100 valence electrons. The fraction of sp³-hybridized carbons (Fsp3) is 0.385. The molecule has 0 bridgehead atoms. The number of carbonyl (C=O) groups is 1. The predicted molar refractivity (Wildman–Crippen MR) is 78.0 cm³/mol. The van der Waals surface area contributed by atoms with Crippen LogP contribution in [-0.2, 0) is 0 Å². The van der Waals surface area contributed by atoms with Crippen LogP contribution in [0, 0.1) is 0 Å². The zero-order valence-electron chi connectivity index (χ0n) is 10.6. The minimum atomic E-state index is 0.0900. The summed E-state index contributed by atoms with van der Waals surface area (Å²) < 4.78 is 0.890. The molecule has 19 heavy (non-hydrogen) atoms. The van der Waals surface area contributed by atoms with Crippen molar-refractivity contribution in [3.63, 3.8) is 0 Å². The van der Waals surface area contributed by atoms with Gasteiger partial charge in [0.15, 0.2) is 0 Å². The van der Waals surface area contributed by atoms with Crippen molar-refractivity contribution in [3.05, 3.63) is 28.2 Å². The fourth-order valence-corrected chi connectivity index (χ4v) is 3.44. The van der Waals surface area contributed by atoms with Gasteiger partial charge in [0.25, 0.3) is 5.91 Å². The van der Waals surface area contributed by atoms with Gasteiger partial charge in [-0.25, -0.2) is 0 Å². The van der Waals surface area contributed by atoms with Crippen LogP contribution in [0.4, 0.5) is 0 Å². The number of hydrogen-bond donors (Lipinski definition) is 0. The van der Waals surface area contributed by atoms with E-state index in [-0.39, 0.29) is 5.91 Å². The molecule has 0 spiro atoms. The molecule has 1 fully saturated rings. The Bertz CT molecular complexity index is 619. The highest BCUT2D eigenvalue weighted by Crippen LogP contribution is 2.30. The van der Waals surface area contributed by atoms with Crippen molar-refractivity contribution in [2.45, 2.75) is 0 Å². The van der Waals surface area contributed by atoms with Gasteiger partial charge in [0.1, 0.15) is 0 Å². The molecule has 0 aliphatic carbocycles. The van der Waals surface area contributed by atoms with Crippen LogP contribution in [0.15, 0.2) is 18.3 Å². The van der Waals surface area contributed by atoms with Gasteiger partial charge in [-0.1, -0.05) is 11.6 Å². The van der Waals surface area contributed by atoms with E-state index < -0.39 is 0 Å². The zero-order chi connectivity index (χ0) is 13.4. The first-order valence-corrected chi connectivity index (χ1v) is 7.36. The number of thiophene rings is 1. The highest BCUT2D eigenvalue weighted by atomic mass is 35.5. The molecule has 6 heteroatoms. The van der Waals surface area contributed by atoms with Crippen molar-refractivity contribution in [2.24, 2.45) is 0 Å². The smallest absolute Gasteiger partial charge is 0.264 e. The lowest BCUT2D eigenvalue weighted by Gasteiger charge is -2.32. The summed E-state index contributed by atoms with van der Waals surface area (Å²) in [7, 11) is 2.07. The van der Waals surface area contributed by atoms with Crippen molar-refractivity contribution in [2.75, 3.05) is 33.2 Å². The van der Waals surface area contributed by atoms with Gasteiger partial charge in [-0.3, -0.25) is 9.78 Å². The maximum atomic E-state index is 12.4. The van der Waals surface area contributed by atoms with Gasteiger partial charge in [0.05, 0.1) is 20.1 Å². The van der Waals surface area contributed by atoms with E-state index in [4.69, 9.17) is 11.6 Å². The molecule has 2 aromatic rings. The van der Waals surface area contributed by atoms with Crippen LogP contribution >= 0.6 is 22.9 Å². The second-order valence-electron chi connectivity index (χ2n) is 4.71. The first kappa shape index (κ1) is 12.8. The van der Waals surface area contributed by atoms with Gasteiger partial charge >= 0.3 is 0 Å². The van der Waals surface area contributed by atoms with E-state index in [1.54, 1.807) is 12.3 Å². The minimum absolute atomic E-state index is 0.0900. The summed E-state index contributed by atoms with van der Waals surface area (Å²) in [5.74, 6) is 0.0900. The number of aromatic nitrogens is 1. The molecule has 0 unspecified atom stereocenters. The molecule has 0 aromatic carbocycles. The van der Waals surface area contributed by atoms with Crippen LogP contribution < -0.4 is 0 Å². The normalized spacial score (nSPS) is 17.1. The number of likely N-dealkylation sites (N-methyl/N-ethyl adjacent to an activating group) is 1. The van der Waals surface area contributed by atoms with Gasteiger partial charge in [-0.2, -0.15) is 0 Å². The van der Waals surface area contributed by atoms with Gasteiger partial charge in [-0.05, 0) is 19.2 Å². The van der Waals surface area contributed by atoms with Crippen molar-refractivity contribution < 1.29 is 4.79 Å². The molecule has 0 N–H and O–H groups in total. The van der Waals surface area contributed by atoms with Crippen LogP contribution in [0.1, 0.15) is 9.67 Å². The average molecular weight is 296 g/mol. The minimum Gasteiger partial charge on any atom is -0.335 e. The Morgan fingerprint density at radius 2 is 2.11 bits per heavy atom. The number of carbonyl (C=O) groups excluding carboxylic acids is 1. The third-order valence-electron chi connectivity index (χ3n) is 3.37. The molecule has 0 radical (unpaired) electrons. The van der Waals surface area contributed by atoms with E-state index in [0.717, 1.165) is 41.3 Å². The highest BCUT2D eigenvalue weighted by molar-refractivity contribution is 7.21. The molecule has 4 nitrogen and oxygen atoms in total. The lowest BCUT2D eigenvalue weighted by Crippen LogP contribution is -2.46. The monoisotopic (exact) mass is 295 g/mol. The number of halogens is 1. The SMILES string of the molecule is CN1CCN(C(=O)c2cc3nccc(Cl)c3s2)CC1. The van der Waals surface area contributed by atoms with E-state index in [1.807, 2.05) is 11.0 Å². The molecule has 2 aromatic heterocycles. The number of pyridine rings is 1. The van der Waals surface area contributed by atoms with Crippen molar-refractivity contribution in [1.29, 1.82) is 0 Å². The third kappa shape index (κ3) is 2.45. The maximum absolute atomic E-state index is 12.4. The third-order valence-corrected chi connectivity index (χ3v) is 4.94. The van der Waals surface area contributed by atoms with E-state index in [1.165, 1.54) is 11.3 Å². The van der Waals surface area contributed by atoms with Gasteiger partial charge < -0.3 is 9.80 Å². The Labute approximate surface area is 120 Å². The van der Waals surface area contributed by atoms with E-state index in [9.17, 15) is 4.79 Å². The molecule has 3 rings (SSSR count). The van der Waals surface area contributed by atoms with Crippen LogP contribution in [0.5, 0.6) is 0 Å². The van der Waals surface area contributed by atoms with Crippen molar-refractivity contribution in [1.82, 2.24) is 14.8 Å². The van der Waals surface area contributed by atoms with E-state index in [2.05, 4.69) is 16.9 Å².